The van der Waals surface area contributed by atoms with Gasteiger partial charge < -0.3 is 5.32 Å². The Morgan fingerprint density at radius 3 is 2.86 bits per heavy atom. The van der Waals surface area contributed by atoms with Crippen LogP contribution in [0.4, 0.5) is 0 Å². The van der Waals surface area contributed by atoms with Gasteiger partial charge in [0, 0.05) is 12.6 Å². The largest absolute Gasteiger partial charge is 0.307 e. The lowest BCUT2D eigenvalue weighted by molar-refractivity contribution is 0.634. The van der Waals surface area contributed by atoms with Gasteiger partial charge in [-0.25, -0.2) is 0 Å². The first-order valence-electron chi connectivity index (χ1n) is 4.44. The number of benzene rings is 1. The van der Waals surface area contributed by atoms with Crippen LogP contribution >= 0.6 is 23.2 Å². The molecule has 14 heavy (non-hydrogen) atoms. The Hall–Kier alpha value is -0.500. The van der Waals surface area contributed by atoms with Crippen molar-refractivity contribution in [1.82, 2.24) is 5.32 Å². The van der Waals surface area contributed by atoms with Crippen molar-refractivity contribution < 1.29 is 0 Å². The van der Waals surface area contributed by atoms with Crippen LogP contribution in [0.15, 0.2) is 30.9 Å². The highest BCUT2D eigenvalue weighted by Crippen LogP contribution is 2.25. The van der Waals surface area contributed by atoms with Gasteiger partial charge >= 0.3 is 0 Å². The van der Waals surface area contributed by atoms with E-state index in [9.17, 15) is 0 Å². The molecular weight excluding hydrogens is 217 g/mol. The van der Waals surface area contributed by atoms with Gasteiger partial charge in [-0.05, 0) is 18.6 Å². The van der Waals surface area contributed by atoms with E-state index in [0.717, 1.165) is 5.56 Å². The van der Waals surface area contributed by atoms with Crippen LogP contribution in [-0.2, 0) is 6.54 Å². The maximum absolute atomic E-state index is 6.02. The molecule has 0 amide bonds. The van der Waals surface area contributed by atoms with Gasteiger partial charge in [-0.1, -0.05) is 41.4 Å². The van der Waals surface area contributed by atoms with Crippen molar-refractivity contribution in [1.29, 1.82) is 0 Å². The predicted octanol–water partition coefficient (Wildman–Crippen LogP) is 3.66. The van der Waals surface area contributed by atoms with Crippen LogP contribution in [0.3, 0.4) is 0 Å². The van der Waals surface area contributed by atoms with Crippen LogP contribution in [-0.4, -0.2) is 6.04 Å². The van der Waals surface area contributed by atoms with E-state index in [4.69, 9.17) is 23.2 Å². The molecule has 0 aliphatic heterocycles. The van der Waals surface area contributed by atoms with Crippen LogP contribution in [0.5, 0.6) is 0 Å². The summed E-state index contributed by atoms with van der Waals surface area (Å²) >= 11 is 11.9. The first-order valence-corrected chi connectivity index (χ1v) is 5.19. The second-order valence-electron chi connectivity index (χ2n) is 3.12. The minimum absolute atomic E-state index is 0.269. The number of hydrogen-bond acceptors (Lipinski definition) is 1. The maximum Gasteiger partial charge on any atom is 0.0637 e. The van der Waals surface area contributed by atoms with Crippen molar-refractivity contribution in [2.45, 2.75) is 19.5 Å². The molecule has 1 atom stereocenters. The zero-order valence-corrected chi connectivity index (χ0v) is 9.57. The normalized spacial score (nSPS) is 12.5. The molecule has 1 N–H and O–H groups in total. The molecule has 0 radical (unpaired) electrons. The van der Waals surface area contributed by atoms with E-state index in [1.54, 1.807) is 6.07 Å². The summed E-state index contributed by atoms with van der Waals surface area (Å²) < 4.78 is 0. The molecule has 0 aliphatic carbocycles. The summed E-state index contributed by atoms with van der Waals surface area (Å²) in [5.41, 5.74) is 1.01. The molecule has 1 aromatic rings. The molecule has 3 heteroatoms. The van der Waals surface area contributed by atoms with Gasteiger partial charge in [0.25, 0.3) is 0 Å². The average molecular weight is 230 g/mol. The predicted molar refractivity (Wildman–Crippen MR) is 63.0 cm³/mol. The third-order valence-electron chi connectivity index (χ3n) is 2.00. The van der Waals surface area contributed by atoms with Gasteiger partial charge in [-0.15, -0.1) is 6.58 Å². The number of nitrogens with one attached hydrogen (secondary N) is 1. The SMILES string of the molecule is C=CC(C)NCc1cccc(Cl)c1Cl. The van der Waals surface area contributed by atoms with Crippen LogP contribution < -0.4 is 5.32 Å². The van der Waals surface area contributed by atoms with E-state index in [1.165, 1.54) is 0 Å². The standard InChI is InChI=1S/C11H13Cl2N/c1-3-8(2)14-7-9-5-4-6-10(12)11(9)13/h3-6,8,14H,1,7H2,2H3. The Balaban J connectivity index is 2.67. The molecule has 0 aliphatic rings. The van der Waals surface area contributed by atoms with Crippen LogP contribution in [0.1, 0.15) is 12.5 Å². The van der Waals surface area contributed by atoms with Gasteiger partial charge in [-0.2, -0.15) is 0 Å². The fourth-order valence-corrected chi connectivity index (χ4v) is 1.43. The monoisotopic (exact) mass is 229 g/mol. The Labute approximate surface area is 94.7 Å². The van der Waals surface area contributed by atoms with E-state index in [1.807, 2.05) is 25.1 Å². The molecular formula is C11H13Cl2N. The van der Waals surface area contributed by atoms with Gasteiger partial charge in [0.2, 0.25) is 0 Å². The highest BCUT2D eigenvalue weighted by molar-refractivity contribution is 6.42. The molecule has 1 rings (SSSR count). The Morgan fingerprint density at radius 1 is 1.50 bits per heavy atom. The zero-order chi connectivity index (χ0) is 10.6. The summed E-state index contributed by atoms with van der Waals surface area (Å²) in [5, 5.41) is 4.47. The van der Waals surface area contributed by atoms with Gasteiger partial charge in [0.05, 0.1) is 10.0 Å². The Kier molecular flexibility index (Phi) is 4.46. The smallest absolute Gasteiger partial charge is 0.0637 e. The van der Waals surface area contributed by atoms with Crippen LogP contribution in [0.25, 0.3) is 0 Å². The third kappa shape index (κ3) is 3.02. The summed E-state index contributed by atoms with van der Waals surface area (Å²) in [6.07, 6.45) is 1.85. The fourth-order valence-electron chi connectivity index (χ4n) is 1.04. The van der Waals surface area contributed by atoms with E-state index in [0.29, 0.717) is 16.6 Å². The summed E-state index contributed by atoms with van der Waals surface area (Å²) in [4.78, 5) is 0. The topological polar surface area (TPSA) is 12.0 Å². The molecule has 0 aromatic heterocycles. The molecule has 0 saturated carbocycles. The van der Waals surface area contributed by atoms with Gasteiger partial charge in [-0.3, -0.25) is 0 Å². The van der Waals surface area contributed by atoms with Crippen LogP contribution in [0, 0.1) is 0 Å². The third-order valence-corrected chi connectivity index (χ3v) is 2.86. The van der Waals surface area contributed by atoms with Gasteiger partial charge in [0.15, 0.2) is 0 Å². The Morgan fingerprint density at radius 2 is 2.21 bits per heavy atom. The summed E-state index contributed by atoms with van der Waals surface area (Å²) in [6.45, 7) is 6.43. The van der Waals surface area contributed by atoms with E-state index >= 15 is 0 Å². The first-order chi connectivity index (χ1) is 6.65. The Bertz CT molecular complexity index is 323. The van der Waals surface area contributed by atoms with E-state index < -0.39 is 0 Å². The van der Waals surface area contributed by atoms with Crippen molar-refractivity contribution in [2.24, 2.45) is 0 Å². The summed E-state index contributed by atoms with van der Waals surface area (Å²) in [7, 11) is 0. The van der Waals surface area contributed by atoms with Crippen LogP contribution in [0.2, 0.25) is 10.0 Å². The minimum Gasteiger partial charge on any atom is -0.307 e. The second-order valence-corrected chi connectivity index (χ2v) is 3.90. The van der Waals surface area contributed by atoms with E-state index in [2.05, 4.69) is 11.9 Å². The number of halogens is 2. The average Bonchev–Trinajstić information content (AvgIpc) is 2.20. The molecule has 1 unspecified atom stereocenters. The zero-order valence-electron chi connectivity index (χ0n) is 8.06. The van der Waals surface area contributed by atoms with Crippen molar-refractivity contribution >= 4 is 23.2 Å². The van der Waals surface area contributed by atoms with Crippen molar-refractivity contribution in [2.75, 3.05) is 0 Å². The van der Waals surface area contributed by atoms with Crippen molar-refractivity contribution in [3.63, 3.8) is 0 Å². The highest BCUT2D eigenvalue weighted by atomic mass is 35.5. The highest BCUT2D eigenvalue weighted by Gasteiger charge is 2.04. The van der Waals surface area contributed by atoms with Crippen molar-refractivity contribution in [3.8, 4) is 0 Å². The molecule has 0 saturated heterocycles. The maximum atomic E-state index is 6.02. The quantitative estimate of drug-likeness (QED) is 0.778. The van der Waals surface area contributed by atoms with Crippen molar-refractivity contribution in [3.05, 3.63) is 46.5 Å². The lowest BCUT2D eigenvalue weighted by Crippen LogP contribution is -2.23. The number of rotatable bonds is 4. The fraction of sp³-hybridized carbons (Fsp3) is 0.273. The molecule has 76 valence electrons. The minimum atomic E-state index is 0.269. The molecule has 0 bridgehead atoms. The lowest BCUT2D eigenvalue weighted by Gasteiger charge is -2.10. The molecule has 0 fully saturated rings. The first kappa shape index (κ1) is 11.6. The summed E-state index contributed by atoms with van der Waals surface area (Å²) in [5.74, 6) is 0. The lowest BCUT2D eigenvalue weighted by atomic mass is 10.2. The molecule has 0 heterocycles. The second kappa shape index (κ2) is 5.40. The van der Waals surface area contributed by atoms with E-state index in [-0.39, 0.29) is 6.04 Å². The van der Waals surface area contributed by atoms with Gasteiger partial charge in [0.1, 0.15) is 0 Å². The molecule has 1 nitrogen and oxygen atoms in total. The number of hydrogen-bond donors (Lipinski definition) is 1. The molecule has 0 spiro atoms. The summed E-state index contributed by atoms with van der Waals surface area (Å²) in [6, 6.07) is 5.90. The molecule has 1 aromatic carbocycles.